The average Bonchev–Trinajstić information content (AvgIpc) is 2.37. The minimum absolute atomic E-state index is 0.0311. The number of nitrogens with zero attached hydrogens (tertiary/aromatic N) is 2. The first kappa shape index (κ1) is 13.0. The maximum Gasteiger partial charge on any atom is 0.151 e. The molecular formula is C15H12F2N2. The van der Waals surface area contributed by atoms with Crippen molar-refractivity contribution >= 4 is 11.4 Å². The molecule has 0 aliphatic heterocycles. The molecule has 2 aromatic rings. The van der Waals surface area contributed by atoms with Crippen molar-refractivity contribution in [2.45, 2.75) is 6.92 Å². The summed E-state index contributed by atoms with van der Waals surface area (Å²) in [6, 6.07) is 11.1. The van der Waals surface area contributed by atoms with Gasteiger partial charge >= 0.3 is 0 Å². The summed E-state index contributed by atoms with van der Waals surface area (Å²) in [5, 5.41) is 8.67. The van der Waals surface area contributed by atoms with E-state index in [1.807, 2.05) is 25.1 Å². The molecule has 0 bridgehead atoms. The molecule has 4 heteroatoms. The third kappa shape index (κ3) is 2.55. The maximum atomic E-state index is 13.9. The van der Waals surface area contributed by atoms with E-state index in [2.05, 4.69) is 0 Å². The fourth-order valence-electron chi connectivity index (χ4n) is 1.92. The van der Waals surface area contributed by atoms with Gasteiger partial charge in [0.05, 0.1) is 11.6 Å². The van der Waals surface area contributed by atoms with E-state index >= 15 is 0 Å². The lowest BCUT2D eigenvalue weighted by Crippen LogP contribution is -2.13. The molecule has 0 fully saturated rings. The lowest BCUT2D eigenvalue weighted by molar-refractivity contribution is 0.583. The van der Waals surface area contributed by atoms with E-state index in [1.165, 1.54) is 4.90 Å². The zero-order chi connectivity index (χ0) is 14.0. The van der Waals surface area contributed by atoms with Crippen LogP contribution >= 0.6 is 0 Å². The Kier molecular flexibility index (Phi) is 3.48. The quantitative estimate of drug-likeness (QED) is 0.816. The van der Waals surface area contributed by atoms with E-state index in [0.717, 1.165) is 17.7 Å². The first-order valence-corrected chi connectivity index (χ1v) is 5.72. The van der Waals surface area contributed by atoms with Crippen LogP contribution in [0, 0.1) is 29.9 Å². The highest BCUT2D eigenvalue weighted by Gasteiger charge is 2.16. The van der Waals surface area contributed by atoms with Gasteiger partial charge in [-0.25, -0.2) is 8.78 Å². The zero-order valence-electron chi connectivity index (χ0n) is 10.6. The molecule has 96 valence electrons. The van der Waals surface area contributed by atoms with Crippen molar-refractivity contribution in [3.63, 3.8) is 0 Å². The fraction of sp³-hybridized carbons (Fsp3) is 0.133. The van der Waals surface area contributed by atoms with Gasteiger partial charge in [-0.2, -0.15) is 5.26 Å². The summed E-state index contributed by atoms with van der Waals surface area (Å²) >= 11 is 0. The molecule has 2 nitrogen and oxygen atoms in total. The van der Waals surface area contributed by atoms with Crippen LogP contribution in [-0.4, -0.2) is 7.05 Å². The smallest absolute Gasteiger partial charge is 0.151 e. The lowest BCUT2D eigenvalue weighted by atomic mass is 10.1. The van der Waals surface area contributed by atoms with E-state index in [9.17, 15) is 8.78 Å². The first-order chi connectivity index (χ1) is 9.02. The Bertz CT molecular complexity index is 636. The second kappa shape index (κ2) is 5.07. The second-order valence-electron chi connectivity index (χ2n) is 4.30. The van der Waals surface area contributed by atoms with Crippen molar-refractivity contribution < 1.29 is 8.78 Å². The summed E-state index contributed by atoms with van der Waals surface area (Å²) in [5.41, 5.74) is 1.49. The molecule has 0 heterocycles. The number of rotatable bonds is 2. The van der Waals surface area contributed by atoms with Crippen LogP contribution in [0.5, 0.6) is 0 Å². The molecule has 0 spiro atoms. The summed E-state index contributed by atoms with van der Waals surface area (Å²) in [6.45, 7) is 1.91. The number of hydrogen-bond acceptors (Lipinski definition) is 2. The van der Waals surface area contributed by atoms with Gasteiger partial charge in [-0.15, -0.1) is 0 Å². The molecule has 0 saturated heterocycles. The Morgan fingerprint density at radius 1 is 1.11 bits per heavy atom. The minimum atomic E-state index is -0.749. The minimum Gasteiger partial charge on any atom is -0.340 e. The third-order valence-corrected chi connectivity index (χ3v) is 2.87. The Balaban J connectivity index is 2.51. The number of anilines is 2. The second-order valence-corrected chi connectivity index (χ2v) is 4.30. The molecule has 0 amide bonds. The molecule has 0 aromatic heterocycles. The summed E-state index contributed by atoms with van der Waals surface area (Å²) in [4.78, 5) is 1.43. The van der Waals surface area contributed by atoms with Gasteiger partial charge < -0.3 is 4.90 Å². The standard InChI is InChI=1S/C15H12F2N2/c1-10-4-3-5-12(6-10)19(2)15-13(16)7-11(9-18)8-14(15)17/h3-8H,1-2H3. The predicted molar refractivity (Wildman–Crippen MR) is 70.3 cm³/mol. The number of halogens is 2. The molecule has 2 aromatic carbocycles. The number of benzene rings is 2. The van der Waals surface area contributed by atoms with Crippen molar-refractivity contribution in [1.29, 1.82) is 5.26 Å². The van der Waals surface area contributed by atoms with Crippen LogP contribution in [0.15, 0.2) is 36.4 Å². The van der Waals surface area contributed by atoms with Gasteiger partial charge in [-0.05, 0) is 36.8 Å². The zero-order valence-corrected chi connectivity index (χ0v) is 10.6. The molecule has 0 aliphatic carbocycles. The number of nitriles is 1. The van der Waals surface area contributed by atoms with Crippen LogP contribution in [0.25, 0.3) is 0 Å². The summed E-state index contributed by atoms with van der Waals surface area (Å²) in [7, 11) is 1.59. The monoisotopic (exact) mass is 258 g/mol. The third-order valence-electron chi connectivity index (χ3n) is 2.87. The van der Waals surface area contributed by atoms with Gasteiger partial charge in [-0.1, -0.05) is 12.1 Å². The Morgan fingerprint density at radius 3 is 2.26 bits per heavy atom. The van der Waals surface area contributed by atoms with E-state index in [-0.39, 0.29) is 11.3 Å². The van der Waals surface area contributed by atoms with Crippen molar-refractivity contribution in [2.75, 3.05) is 11.9 Å². The Morgan fingerprint density at radius 2 is 1.74 bits per heavy atom. The van der Waals surface area contributed by atoms with Crippen molar-refractivity contribution in [3.05, 3.63) is 59.2 Å². The molecule has 2 rings (SSSR count). The average molecular weight is 258 g/mol. The highest BCUT2D eigenvalue weighted by Crippen LogP contribution is 2.30. The number of aryl methyl sites for hydroxylation is 1. The molecule has 19 heavy (non-hydrogen) atoms. The largest absolute Gasteiger partial charge is 0.340 e. The van der Waals surface area contributed by atoms with E-state index < -0.39 is 11.6 Å². The molecule has 0 atom stereocenters. The van der Waals surface area contributed by atoms with Gasteiger partial charge in [-0.3, -0.25) is 0 Å². The van der Waals surface area contributed by atoms with Crippen LogP contribution in [0.1, 0.15) is 11.1 Å². The van der Waals surface area contributed by atoms with Crippen LogP contribution in [0.2, 0.25) is 0 Å². The molecule has 0 radical (unpaired) electrons. The van der Waals surface area contributed by atoms with Gasteiger partial charge in [0.1, 0.15) is 5.69 Å². The van der Waals surface area contributed by atoms with Crippen LogP contribution < -0.4 is 4.90 Å². The van der Waals surface area contributed by atoms with Crippen LogP contribution in [-0.2, 0) is 0 Å². The first-order valence-electron chi connectivity index (χ1n) is 5.72. The van der Waals surface area contributed by atoms with Gasteiger partial charge in [0, 0.05) is 12.7 Å². The SMILES string of the molecule is Cc1cccc(N(C)c2c(F)cc(C#N)cc2F)c1. The van der Waals surface area contributed by atoms with Crippen molar-refractivity contribution in [1.82, 2.24) is 0 Å². The summed E-state index contributed by atoms with van der Waals surface area (Å²) < 4.78 is 27.8. The molecule has 0 aliphatic rings. The summed E-state index contributed by atoms with van der Waals surface area (Å²) in [6.07, 6.45) is 0. The van der Waals surface area contributed by atoms with Gasteiger partial charge in [0.15, 0.2) is 11.6 Å². The maximum absolute atomic E-state index is 13.9. The van der Waals surface area contributed by atoms with Crippen LogP contribution in [0.3, 0.4) is 0 Å². The summed E-state index contributed by atoms with van der Waals surface area (Å²) in [5.74, 6) is -1.50. The molecule has 0 N–H and O–H groups in total. The molecule has 0 saturated carbocycles. The van der Waals surface area contributed by atoms with Gasteiger partial charge in [0.2, 0.25) is 0 Å². The van der Waals surface area contributed by atoms with Crippen LogP contribution in [0.4, 0.5) is 20.2 Å². The van der Waals surface area contributed by atoms with E-state index in [1.54, 1.807) is 19.2 Å². The highest BCUT2D eigenvalue weighted by atomic mass is 19.1. The fourth-order valence-corrected chi connectivity index (χ4v) is 1.92. The highest BCUT2D eigenvalue weighted by molar-refractivity contribution is 5.65. The van der Waals surface area contributed by atoms with Crippen molar-refractivity contribution in [3.8, 4) is 6.07 Å². The van der Waals surface area contributed by atoms with E-state index in [4.69, 9.17) is 5.26 Å². The van der Waals surface area contributed by atoms with Crippen molar-refractivity contribution in [2.24, 2.45) is 0 Å². The Hall–Kier alpha value is -2.41. The van der Waals surface area contributed by atoms with E-state index in [0.29, 0.717) is 5.69 Å². The number of hydrogen-bond donors (Lipinski definition) is 0. The lowest BCUT2D eigenvalue weighted by Gasteiger charge is -2.21. The molecular weight excluding hydrogens is 246 g/mol. The van der Waals surface area contributed by atoms with Gasteiger partial charge in [0.25, 0.3) is 0 Å². The normalized spacial score (nSPS) is 10.1. The molecule has 0 unspecified atom stereocenters. The topological polar surface area (TPSA) is 27.0 Å². The predicted octanol–water partition coefficient (Wildman–Crippen LogP) is 3.91. The Labute approximate surface area is 110 Å².